The summed E-state index contributed by atoms with van der Waals surface area (Å²) < 4.78 is 4.67. The maximum absolute atomic E-state index is 10.4. The molecule has 96 valence electrons. The van der Waals surface area contributed by atoms with Crippen LogP contribution < -0.4 is 0 Å². The van der Waals surface area contributed by atoms with Gasteiger partial charge in [0.05, 0.1) is 12.7 Å². The molecule has 1 N–H and O–H groups in total. The Kier molecular flexibility index (Phi) is 14.6. The van der Waals surface area contributed by atoms with Crippen LogP contribution in [0.15, 0.2) is 12.7 Å². The molecular formula is C12H19NO4. The van der Waals surface area contributed by atoms with Gasteiger partial charge in [0.15, 0.2) is 0 Å². The van der Waals surface area contributed by atoms with Gasteiger partial charge in [0.2, 0.25) is 0 Å². The summed E-state index contributed by atoms with van der Waals surface area (Å²) >= 11 is 0. The Balaban J connectivity index is 0. The quantitative estimate of drug-likeness (QED) is 0.419. The molecule has 0 unspecified atom stereocenters. The molecule has 0 aliphatic heterocycles. The second-order valence-corrected chi connectivity index (χ2v) is 3.13. The zero-order valence-electron chi connectivity index (χ0n) is 10.1. The van der Waals surface area contributed by atoms with Crippen molar-refractivity contribution in [2.75, 3.05) is 6.61 Å². The Labute approximate surface area is 102 Å². The van der Waals surface area contributed by atoms with E-state index < -0.39 is 11.9 Å². The molecule has 0 heterocycles. The maximum atomic E-state index is 10.4. The molecule has 0 rings (SSSR count). The number of carbonyl (C=O) groups is 2. The average molecular weight is 241 g/mol. The Morgan fingerprint density at radius 1 is 1.47 bits per heavy atom. The Morgan fingerprint density at radius 3 is 2.47 bits per heavy atom. The molecular weight excluding hydrogens is 222 g/mol. The van der Waals surface area contributed by atoms with E-state index in [-0.39, 0.29) is 0 Å². The minimum atomic E-state index is -0.711. The molecule has 0 bridgehead atoms. The first-order chi connectivity index (χ1) is 8.08. The van der Waals surface area contributed by atoms with Gasteiger partial charge < -0.3 is 9.84 Å². The second-order valence-electron chi connectivity index (χ2n) is 3.13. The number of hydrogen-bond acceptors (Lipinski definition) is 4. The van der Waals surface area contributed by atoms with Gasteiger partial charge in [-0.05, 0) is 19.3 Å². The monoisotopic (exact) mass is 241 g/mol. The van der Waals surface area contributed by atoms with E-state index in [9.17, 15) is 9.59 Å². The van der Waals surface area contributed by atoms with Crippen molar-refractivity contribution in [2.24, 2.45) is 0 Å². The molecule has 0 aromatic carbocycles. The lowest BCUT2D eigenvalue weighted by molar-refractivity contribution is -0.138. The Bertz CT molecular complexity index is 268. The molecule has 5 nitrogen and oxygen atoms in total. The number of aliphatic carboxylic acids is 1. The fourth-order valence-corrected chi connectivity index (χ4v) is 0.752. The standard InChI is InChI=1S/C8H11NO2.C4H8O2/c1-2-8(10)11-7-5-3-4-6-9;1-2-3-4(5)6/h2H,1,3-5,7H2;2-3H2,1H3,(H,5,6). The number of hydrogen-bond donors (Lipinski definition) is 1. The molecule has 0 aromatic rings. The fraction of sp³-hybridized carbons (Fsp3) is 0.583. The van der Waals surface area contributed by atoms with E-state index >= 15 is 0 Å². The van der Waals surface area contributed by atoms with Crippen LogP contribution in [0.3, 0.4) is 0 Å². The zero-order valence-corrected chi connectivity index (χ0v) is 10.1. The SMILES string of the molecule is C=CC(=O)OCCCCC#N.CCCC(=O)O. The van der Waals surface area contributed by atoms with Gasteiger partial charge in [-0.2, -0.15) is 5.26 Å². The number of rotatable bonds is 7. The van der Waals surface area contributed by atoms with Crippen molar-refractivity contribution in [3.8, 4) is 6.07 Å². The first kappa shape index (κ1) is 17.6. The molecule has 0 spiro atoms. The molecule has 0 saturated heterocycles. The van der Waals surface area contributed by atoms with Gasteiger partial charge in [0.25, 0.3) is 0 Å². The molecule has 0 aliphatic carbocycles. The lowest BCUT2D eigenvalue weighted by atomic mass is 10.3. The predicted octanol–water partition coefficient (Wildman–Crippen LogP) is 2.28. The van der Waals surface area contributed by atoms with Gasteiger partial charge in [-0.25, -0.2) is 4.79 Å². The van der Waals surface area contributed by atoms with Gasteiger partial charge in [-0.1, -0.05) is 13.5 Å². The van der Waals surface area contributed by atoms with E-state index in [4.69, 9.17) is 10.4 Å². The van der Waals surface area contributed by atoms with E-state index in [1.54, 1.807) is 0 Å². The van der Waals surface area contributed by atoms with Crippen molar-refractivity contribution in [3.05, 3.63) is 12.7 Å². The lowest BCUT2D eigenvalue weighted by Gasteiger charge is -1.98. The molecule has 5 heteroatoms. The summed E-state index contributed by atoms with van der Waals surface area (Å²) in [6, 6.07) is 2.01. The van der Waals surface area contributed by atoms with E-state index in [1.807, 2.05) is 13.0 Å². The van der Waals surface area contributed by atoms with Crippen molar-refractivity contribution < 1.29 is 19.4 Å². The number of carboxylic acids is 1. The highest BCUT2D eigenvalue weighted by molar-refractivity contribution is 5.81. The molecule has 0 amide bonds. The largest absolute Gasteiger partial charge is 0.481 e. The first-order valence-electron chi connectivity index (χ1n) is 5.46. The zero-order chi connectivity index (χ0) is 13.5. The topological polar surface area (TPSA) is 87.4 Å². The van der Waals surface area contributed by atoms with Gasteiger partial charge >= 0.3 is 11.9 Å². The first-order valence-corrected chi connectivity index (χ1v) is 5.46. The van der Waals surface area contributed by atoms with E-state index in [1.165, 1.54) is 0 Å². The third-order valence-electron chi connectivity index (χ3n) is 1.56. The van der Waals surface area contributed by atoms with Gasteiger partial charge in [-0.15, -0.1) is 0 Å². The Hall–Kier alpha value is -1.83. The summed E-state index contributed by atoms with van der Waals surface area (Å²) in [6.07, 6.45) is 4.19. The van der Waals surface area contributed by atoms with Crippen LogP contribution in [0.1, 0.15) is 39.0 Å². The molecule has 0 saturated carbocycles. The average Bonchev–Trinajstić information content (AvgIpc) is 2.29. The van der Waals surface area contributed by atoms with Crippen molar-refractivity contribution in [1.82, 2.24) is 0 Å². The number of carbonyl (C=O) groups excluding carboxylic acids is 1. The van der Waals surface area contributed by atoms with Gasteiger partial charge in [0.1, 0.15) is 0 Å². The van der Waals surface area contributed by atoms with Crippen LogP contribution >= 0.6 is 0 Å². The maximum Gasteiger partial charge on any atom is 0.330 e. The van der Waals surface area contributed by atoms with Crippen LogP contribution in [0, 0.1) is 11.3 Å². The van der Waals surface area contributed by atoms with Gasteiger partial charge in [0, 0.05) is 18.9 Å². The third kappa shape index (κ3) is 20.3. The number of carboxylic acid groups (broad SMARTS) is 1. The summed E-state index contributed by atoms with van der Waals surface area (Å²) in [5, 5.41) is 16.1. The Morgan fingerprint density at radius 2 is 2.12 bits per heavy atom. The third-order valence-corrected chi connectivity index (χ3v) is 1.56. The van der Waals surface area contributed by atoms with Crippen molar-refractivity contribution in [1.29, 1.82) is 5.26 Å². The minimum absolute atomic E-state index is 0.292. The highest BCUT2D eigenvalue weighted by Gasteiger charge is 1.93. The fourth-order valence-electron chi connectivity index (χ4n) is 0.752. The number of nitriles is 1. The highest BCUT2D eigenvalue weighted by atomic mass is 16.5. The highest BCUT2D eigenvalue weighted by Crippen LogP contribution is 1.94. The number of unbranched alkanes of at least 4 members (excludes halogenated alkanes) is 2. The van der Waals surface area contributed by atoms with Gasteiger partial charge in [-0.3, -0.25) is 4.79 Å². The molecule has 17 heavy (non-hydrogen) atoms. The summed E-state index contributed by atoms with van der Waals surface area (Å²) in [7, 11) is 0. The van der Waals surface area contributed by atoms with Crippen molar-refractivity contribution in [2.45, 2.75) is 39.0 Å². The number of nitrogens with zero attached hydrogens (tertiary/aromatic N) is 1. The van der Waals surface area contributed by atoms with Crippen LogP contribution in [0.25, 0.3) is 0 Å². The van der Waals surface area contributed by atoms with Crippen LogP contribution in [-0.4, -0.2) is 23.7 Å². The van der Waals surface area contributed by atoms with Crippen LogP contribution in [0.5, 0.6) is 0 Å². The molecule has 0 aromatic heterocycles. The summed E-state index contributed by atoms with van der Waals surface area (Å²) in [5.74, 6) is -1.11. The number of ether oxygens (including phenoxy) is 1. The van der Waals surface area contributed by atoms with Crippen molar-refractivity contribution >= 4 is 11.9 Å². The van der Waals surface area contributed by atoms with E-state index in [0.717, 1.165) is 25.3 Å². The molecule has 0 fully saturated rings. The molecule has 0 radical (unpaired) electrons. The predicted molar refractivity (Wildman–Crippen MR) is 63.2 cm³/mol. The summed E-state index contributed by atoms with van der Waals surface area (Å²) in [6.45, 7) is 5.47. The summed E-state index contributed by atoms with van der Waals surface area (Å²) in [4.78, 5) is 20.0. The number of esters is 1. The molecule has 0 atom stereocenters. The van der Waals surface area contributed by atoms with Crippen LogP contribution in [-0.2, 0) is 14.3 Å². The van der Waals surface area contributed by atoms with Crippen LogP contribution in [0.4, 0.5) is 0 Å². The van der Waals surface area contributed by atoms with E-state index in [0.29, 0.717) is 19.4 Å². The van der Waals surface area contributed by atoms with Crippen molar-refractivity contribution in [3.63, 3.8) is 0 Å². The lowest BCUT2D eigenvalue weighted by Crippen LogP contribution is -2.01. The van der Waals surface area contributed by atoms with E-state index in [2.05, 4.69) is 11.3 Å². The summed E-state index contributed by atoms with van der Waals surface area (Å²) in [5.41, 5.74) is 0. The smallest absolute Gasteiger partial charge is 0.330 e. The van der Waals surface area contributed by atoms with Crippen LogP contribution in [0.2, 0.25) is 0 Å². The second kappa shape index (κ2) is 14.2. The molecule has 0 aliphatic rings. The normalized spacial score (nSPS) is 8.24. The minimum Gasteiger partial charge on any atom is -0.481 e.